The fraction of sp³-hybridized carbons (Fsp3) is 0.0769. The minimum atomic E-state index is -0.975. The number of carbonyl (C=O) groups is 1. The number of hydrogen-bond acceptors (Lipinski definition) is 5. The molecule has 0 spiro atoms. The molecule has 0 unspecified atom stereocenters. The normalized spacial score (nSPS) is 10.0. The van der Waals surface area contributed by atoms with Crippen molar-refractivity contribution in [3.05, 3.63) is 53.4 Å². The summed E-state index contributed by atoms with van der Waals surface area (Å²) in [6, 6.07) is 6.67. The Bertz CT molecular complexity index is 641. The fourth-order valence-corrected chi connectivity index (χ4v) is 1.38. The van der Waals surface area contributed by atoms with Crippen LogP contribution in [0.4, 0.5) is 4.79 Å². The first kappa shape index (κ1) is 11.9. The Morgan fingerprint density at radius 2 is 2.17 bits per heavy atom. The molecule has 0 aliphatic rings. The number of fused-ring (bicyclic) bond motifs is 1. The monoisotopic (exact) mass is 246 g/mol. The second-order valence-corrected chi connectivity index (χ2v) is 3.38. The van der Waals surface area contributed by atoms with E-state index in [9.17, 15) is 9.59 Å². The minimum Gasteiger partial charge on any atom is -0.460 e. The van der Waals surface area contributed by atoms with Crippen molar-refractivity contribution in [3.63, 3.8) is 0 Å². The first-order chi connectivity index (χ1) is 8.72. The molecule has 1 heterocycles. The van der Waals surface area contributed by atoms with E-state index < -0.39 is 11.6 Å². The van der Waals surface area contributed by atoms with Gasteiger partial charge in [-0.05, 0) is 12.1 Å². The lowest BCUT2D eigenvalue weighted by Gasteiger charge is -2.03. The zero-order valence-electron chi connectivity index (χ0n) is 9.42. The number of hydrogen-bond donors (Lipinski definition) is 0. The second kappa shape index (κ2) is 5.18. The highest BCUT2D eigenvalue weighted by Crippen LogP contribution is 2.14. The van der Waals surface area contributed by atoms with Crippen LogP contribution in [0.25, 0.3) is 11.0 Å². The molecule has 2 aromatic rings. The van der Waals surface area contributed by atoms with Crippen molar-refractivity contribution < 1.29 is 18.7 Å². The Morgan fingerprint density at radius 3 is 2.94 bits per heavy atom. The molecule has 0 aliphatic heterocycles. The van der Waals surface area contributed by atoms with Crippen molar-refractivity contribution in [2.45, 2.75) is 0 Å². The first-order valence-electron chi connectivity index (χ1n) is 5.18. The summed E-state index contributed by atoms with van der Waals surface area (Å²) in [5.41, 5.74) is 0.00159. The van der Waals surface area contributed by atoms with Gasteiger partial charge in [0.05, 0.1) is 5.39 Å². The third kappa shape index (κ3) is 2.40. The van der Waals surface area contributed by atoms with Crippen molar-refractivity contribution in [2.75, 3.05) is 6.61 Å². The Hall–Kier alpha value is -2.56. The van der Waals surface area contributed by atoms with Gasteiger partial charge in [-0.2, -0.15) is 0 Å². The summed E-state index contributed by atoms with van der Waals surface area (Å²) in [6.07, 6.45) is 1.50. The van der Waals surface area contributed by atoms with Crippen LogP contribution in [0, 0.1) is 0 Å². The van der Waals surface area contributed by atoms with Crippen LogP contribution in [-0.2, 0) is 4.74 Å². The van der Waals surface area contributed by atoms with Crippen LogP contribution in [-0.4, -0.2) is 12.8 Å². The smallest absolute Gasteiger partial charge is 0.460 e. The Balaban J connectivity index is 2.29. The molecule has 0 fully saturated rings. The molecule has 0 N–H and O–H groups in total. The van der Waals surface area contributed by atoms with Gasteiger partial charge in [0.15, 0.2) is 0 Å². The third-order valence-corrected chi connectivity index (χ3v) is 2.16. The quantitative estimate of drug-likeness (QED) is 0.614. The summed E-state index contributed by atoms with van der Waals surface area (Å²) in [7, 11) is 0. The topological polar surface area (TPSA) is 65.7 Å². The van der Waals surface area contributed by atoms with Gasteiger partial charge in [0.2, 0.25) is 11.2 Å². The van der Waals surface area contributed by atoms with Crippen LogP contribution in [0.3, 0.4) is 0 Å². The molecule has 0 bridgehead atoms. The molecule has 92 valence electrons. The summed E-state index contributed by atoms with van der Waals surface area (Å²) >= 11 is 0. The summed E-state index contributed by atoms with van der Waals surface area (Å²) in [6.45, 7) is 3.40. The molecule has 0 atom stereocenters. The van der Waals surface area contributed by atoms with Gasteiger partial charge >= 0.3 is 6.16 Å². The van der Waals surface area contributed by atoms with E-state index in [1.165, 1.54) is 6.08 Å². The van der Waals surface area contributed by atoms with Crippen LogP contribution < -0.4 is 10.2 Å². The molecule has 0 aliphatic carbocycles. The average molecular weight is 246 g/mol. The highest BCUT2D eigenvalue weighted by Gasteiger charge is 2.12. The van der Waals surface area contributed by atoms with Crippen LogP contribution in [0.2, 0.25) is 0 Å². The SMILES string of the molecule is C=CCOC(=O)Oc1coc2ccccc2c1=O. The average Bonchev–Trinajstić information content (AvgIpc) is 2.40. The number of para-hydroxylation sites is 1. The standard InChI is InChI=1S/C13H10O5/c1-2-7-16-13(15)18-11-8-17-10-6-4-3-5-9(10)12(11)14/h2-6,8H,1,7H2. The van der Waals surface area contributed by atoms with Crippen LogP contribution in [0.15, 0.2) is 52.4 Å². The molecule has 1 aromatic carbocycles. The van der Waals surface area contributed by atoms with Crippen molar-refractivity contribution in [2.24, 2.45) is 0 Å². The van der Waals surface area contributed by atoms with Crippen molar-refractivity contribution in [1.82, 2.24) is 0 Å². The van der Waals surface area contributed by atoms with Gasteiger partial charge in [-0.15, -0.1) is 0 Å². The molecule has 5 nitrogen and oxygen atoms in total. The largest absolute Gasteiger partial charge is 0.514 e. The second-order valence-electron chi connectivity index (χ2n) is 3.38. The van der Waals surface area contributed by atoms with E-state index in [1.54, 1.807) is 24.3 Å². The molecule has 1 aromatic heterocycles. The van der Waals surface area contributed by atoms with Crippen LogP contribution in [0.1, 0.15) is 0 Å². The fourth-order valence-electron chi connectivity index (χ4n) is 1.38. The van der Waals surface area contributed by atoms with E-state index in [1.807, 2.05) is 0 Å². The lowest BCUT2D eigenvalue weighted by Crippen LogP contribution is -2.15. The molecule has 0 radical (unpaired) electrons. The highest BCUT2D eigenvalue weighted by atomic mass is 16.7. The van der Waals surface area contributed by atoms with Crippen LogP contribution >= 0.6 is 0 Å². The lowest BCUT2D eigenvalue weighted by atomic mass is 10.2. The molecular weight excluding hydrogens is 236 g/mol. The maximum atomic E-state index is 11.9. The van der Waals surface area contributed by atoms with E-state index in [4.69, 9.17) is 9.15 Å². The molecule has 0 amide bonds. The molecule has 18 heavy (non-hydrogen) atoms. The third-order valence-electron chi connectivity index (χ3n) is 2.16. The number of ether oxygens (including phenoxy) is 2. The minimum absolute atomic E-state index is 0.0117. The zero-order valence-corrected chi connectivity index (χ0v) is 9.42. The van der Waals surface area contributed by atoms with Crippen molar-refractivity contribution >= 4 is 17.1 Å². The summed E-state index contributed by atoms with van der Waals surface area (Å²) in [5, 5.41) is 0.339. The Labute approximate surface area is 102 Å². The van der Waals surface area contributed by atoms with Crippen molar-refractivity contribution in [3.8, 4) is 5.75 Å². The summed E-state index contributed by atoms with van der Waals surface area (Å²) < 4.78 is 14.5. The Kier molecular flexibility index (Phi) is 3.43. The van der Waals surface area contributed by atoms with E-state index in [2.05, 4.69) is 11.3 Å². The van der Waals surface area contributed by atoms with Gasteiger partial charge in [-0.25, -0.2) is 4.79 Å². The van der Waals surface area contributed by atoms with Crippen molar-refractivity contribution in [1.29, 1.82) is 0 Å². The lowest BCUT2D eigenvalue weighted by molar-refractivity contribution is 0.108. The molecular formula is C13H10O5. The predicted molar refractivity (Wildman–Crippen MR) is 64.7 cm³/mol. The highest BCUT2D eigenvalue weighted by molar-refractivity contribution is 5.78. The summed E-state index contributed by atoms with van der Waals surface area (Å²) in [4.78, 5) is 23.1. The van der Waals surface area contributed by atoms with Gasteiger partial charge in [0.25, 0.3) is 0 Å². The number of benzene rings is 1. The number of rotatable bonds is 3. The maximum Gasteiger partial charge on any atom is 0.514 e. The van der Waals surface area contributed by atoms with Gasteiger partial charge in [-0.1, -0.05) is 24.8 Å². The zero-order chi connectivity index (χ0) is 13.0. The Morgan fingerprint density at radius 1 is 1.39 bits per heavy atom. The van der Waals surface area contributed by atoms with Crippen LogP contribution in [0.5, 0.6) is 5.75 Å². The maximum absolute atomic E-state index is 11.9. The van der Waals surface area contributed by atoms with Gasteiger partial charge in [0.1, 0.15) is 18.5 Å². The van der Waals surface area contributed by atoms with E-state index in [0.29, 0.717) is 11.0 Å². The molecule has 5 heteroatoms. The van der Waals surface area contributed by atoms with E-state index in [-0.39, 0.29) is 12.4 Å². The van der Waals surface area contributed by atoms with Gasteiger partial charge in [0, 0.05) is 0 Å². The summed E-state index contributed by atoms with van der Waals surface area (Å²) in [5.74, 6) is -0.206. The van der Waals surface area contributed by atoms with Gasteiger partial charge < -0.3 is 13.9 Å². The predicted octanol–water partition coefficient (Wildman–Crippen LogP) is 2.49. The van der Waals surface area contributed by atoms with E-state index in [0.717, 1.165) is 6.26 Å². The number of carbonyl (C=O) groups excluding carboxylic acids is 1. The molecule has 0 saturated carbocycles. The molecule has 2 rings (SSSR count). The van der Waals surface area contributed by atoms with Gasteiger partial charge in [-0.3, -0.25) is 4.79 Å². The first-order valence-corrected chi connectivity index (χ1v) is 5.18. The molecule has 0 saturated heterocycles. The van der Waals surface area contributed by atoms with E-state index >= 15 is 0 Å².